The summed E-state index contributed by atoms with van der Waals surface area (Å²) < 4.78 is 5.64. The molecule has 0 atom stereocenters. The molecule has 1 amide bonds. The topological polar surface area (TPSA) is 55.6 Å². The number of carbonyl (C=O) groups excluding carboxylic acids is 1. The molecule has 1 aliphatic heterocycles. The molecule has 0 spiro atoms. The van der Waals surface area contributed by atoms with Crippen LogP contribution in [0.1, 0.15) is 24.0 Å². The van der Waals surface area contributed by atoms with Crippen LogP contribution in [-0.4, -0.2) is 24.0 Å². The van der Waals surface area contributed by atoms with Gasteiger partial charge in [0.1, 0.15) is 5.75 Å². The number of para-hydroxylation sites is 2. The number of hydrogen-bond donors (Lipinski definition) is 1. The molecule has 4 heteroatoms. The highest BCUT2D eigenvalue weighted by Crippen LogP contribution is 2.21. The average molecular weight is 310 g/mol. The van der Waals surface area contributed by atoms with Crippen LogP contribution in [0.4, 0.5) is 5.69 Å². The third-order valence-electron chi connectivity index (χ3n) is 4.19. The predicted octanol–water partition coefficient (Wildman–Crippen LogP) is 3.01. The van der Waals surface area contributed by atoms with Crippen molar-refractivity contribution >= 4 is 11.6 Å². The number of hydrogen-bond acceptors (Lipinski definition) is 3. The predicted molar refractivity (Wildman–Crippen MR) is 91.1 cm³/mol. The Bertz CT molecular complexity index is 685. The number of benzene rings is 2. The molecule has 1 heterocycles. The van der Waals surface area contributed by atoms with Gasteiger partial charge in [0.05, 0.1) is 12.3 Å². The normalized spacial score (nSPS) is 13.5. The molecule has 0 fully saturated rings. The molecule has 2 aromatic rings. The standard InChI is InChI=1S/C19H22N2O2/c20-17-8-3-4-9-18(17)23-13-5-10-19(22)21-12-11-15-6-1-2-7-16(15)14-21/h1-4,6-9H,5,10-14,20H2. The number of ether oxygens (including phenoxy) is 1. The maximum atomic E-state index is 12.3. The molecule has 0 bridgehead atoms. The number of nitrogens with zero attached hydrogens (tertiary/aromatic N) is 1. The first-order valence-corrected chi connectivity index (χ1v) is 8.06. The number of carbonyl (C=O) groups is 1. The fourth-order valence-corrected chi connectivity index (χ4v) is 2.88. The van der Waals surface area contributed by atoms with E-state index in [1.807, 2.05) is 35.2 Å². The summed E-state index contributed by atoms with van der Waals surface area (Å²) in [5, 5.41) is 0. The molecule has 1 aliphatic rings. The molecule has 2 aromatic carbocycles. The van der Waals surface area contributed by atoms with Gasteiger partial charge in [0, 0.05) is 19.5 Å². The van der Waals surface area contributed by atoms with Gasteiger partial charge in [-0.15, -0.1) is 0 Å². The Morgan fingerprint density at radius 2 is 1.83 bits per heavy atom. The maximum absolute atomic E-state index is 12.3. The van der Waals surface area contributed by atoms with E-state index < -0.39 is 0 Å². The lowest BCUT2D eigenvalue weighted by Gasteiger charge is -2.29. The molecule has 0 radical (unpaired) electrons. The summed E-state index contributed by atoms with van der Waals surface area (Å²) >= 11 is 0. The minimum atomic E-state index is 0.198. The third kappa shape index (κ3) is 3.83. The average Bonchev–Trinajstić information content (AvgIpc) is 2.59. The molecular weight excluding hydrogens is 288 g/mol. The van der Waals surface area contributed by atoms with Crippen molar-refractivity contribution in [2.75, 3.05) is 18.9 Å². The number of nitrogens with two attached hydrogens (primary N) is 1. The molecule has 23 heavy (non-hydrogen) atoms. The lowest BCUT2D eigenvalue weighted by Crippen LogP contribution is -2.35. The molecule has 120 valence electrons. The second-order valence-corrected chi connectivity index (χ2v) is 5.82. The quantitative estimate of drug-likeness (QED) is 0.682. The monoisotopic (exact) mass is 310 g/mol. The van der Waals surface area contributed by atoms with Crippen LogP contribution in [0.2, 0.25) is 0 Å². The molecule has 0 unspecified atom stereocenters. The first-order chi connectivity index (χ1) is 11.2. The Morgan fingerprint density at radius 3 is 2.65 bits per heavy atom. The molecular formula is C19H22N2O2. The number of amides is 1. The third-order valence-corrected chi connectivity index (χ3v) is 4.19. The smallest absolute Gasteiger partial charge is 0.223 e. The van der Waals surface area contributed by atoms with E-state index >= 15 is 0 Å². The Labute approximate surface area is 136 Å². The van der Waals surface area contributed by atoms with E-state index in [9.17, 15) is 4.79 Å². The summed E-state index contributed by atoms with van der Waals surface area (Å²) in [5.41, 5.74) is 9.08. The Balaban J connectivity index is 1.45. The van der Waals surface area contributed by atoms with Crippen molar-refractivity contribution in [2.45, 2.75) is 25.8 Å². The number of nitrogen functional groups attached to an aromatic ring is 1. The number of rotatable bonds is 5. The second kappa shape index (κ2) is 7.18. The maximum Gasteiger partial charge on any atom is 0.223 e. The van der Waals surface area contributed by atoms with Crippen molar-refractivity contribution in [3.63, 3.8) is 0 Å². The fourth-order valence-electron chi connectivity index (χ4n) is 2.88. The lowest BCUT2D eigenvalue weighted by molar-refractivity contribution is -0.132. The van der Waals surface area contributed by atoms with E-state index in [2.05, 4.69) is 18.2 Å². The highest BCUT2D eigenvalue weighted by molar-refractivity contribution is 5.76. The van der Waals surface area contributed by atoms with Crippen molar-refractivity contribution in [1.29, 1.82) is 0 Å². The van der Waals surface area contributed by atoms with E-state index in [1.54, 1.807) is 0 Å². The zero-order valence-electron chi connectivity index (χ0n) is 13.2. The van der Waals surface area contributed by atoms with E-state index in [0.29, 0.717) is 30.9 Å². The van der Waals surface area contributed by atoms with Crippen LogP contribution in [0.25, 0.3) is 0 Å². The minimum absolute atomic E-state index is 0.198. The molecule has 0 aromatic heterocycles. The van der Waals surface area contributed by atoms with Crippen LogP contribution in [0.3, 0.4) is 0 Å². The van der Waals surface area contributed by atoms with Crippen LogP contribution in [-0.2, 0) is 17.8 Å². The van der Waals surface area contributed by atoms with Gasteiger partial charge in [-0.05, 0) is 36.1 Å². The van der Waals surface area contributed by atoms with Gasteiger partial charge in [0.15, 0.2) is 0 Å². The highest BCUT2D eigenvalue weighted by Gasteiger charge is 2.19. The van der Waals surface area contributed by atoms with Crippen LogP contribution in [0, 0.1) is 0 Å². The summed E-state index contributed by atoms with van der Waals surface area (Å²) in [4.78, 5) is 14.3. The van der Waals surface area contributed by atoms with Crippen molar-refractivity contribution < 1.29 is 9.53 Å². The second-order valence-electron chi connectivity index (χ2n) is 5.82. The van der Waals surface area contributed by atoms with Crippen molar-refractivity contribution in [1.82, 2.24) is 4.90 Å². The van der Waals surface area contributed by atoms with E-state index in [4.69, 9.17) is 10.5 Å². The van der Waals surface area contributed by atoms with Crippen molar-refractivity contribution in [3.05, 3.63) is 59.7 Å². The molecule has 0 aliphatic carbocycles. The van der Waals surface area contributed by atoms with Crippen LogP contribution in [0.15, 0.2) is 48.5 Å². The van der Waals surface area contributed by atoms with Gasteiger partial charge in [0.25, 0.3) is 0 Å². The number of fused-ring (bicyclic) bond motifs is 1. The first kappa shape index (κ1) is 15.4. The van der Waals surface area contributed by atoms with Gasteiger partial charge >= 0.3 is 0 Å². The largest absolute Gasteiger partial charge is 0.491 e. The van der Waals surface area contributed by atoms with Crippen molar-refractivity contribution in [2.24, 2.45) is 0 Å². The SMILES string of the molecule is Nc1ccccc1OCCCC(=O)N1CCc2ccccc2C1. The molecule has 3 rings (SSSR count). The summed E-state index contributed by atoms with van der Waals surface area (Å²) in [6, 6.07) is 15.8. The zero-order chi connectivity index (χ0) is 16.1. The lowest BCUT2D eigenvalue weighted by atomic mass is 9.99. The van der Waals surface area contributed by atoms with Gasteiger partial charge in [-0.2, -0.15) is 0 Å². The van der Waals surface area contributed by atoms with Gasteiger partial charge in [0.2, 0.25) is 5.91 Å². The molecule has 0 saturated heterocycles. The summed E-state index contributed by atoms with van der Waals surface area (Å²) in [6.07, 6.45) is 2.15. The minimum Gasteiger partial charge on any atom is -0.491 e. The fraction of sp³-hybridized carbons (Fsp3) is 0.316. The van der Waals surface area contributed by atoms with Gasteiger partial charge in [-0.25, -0.2) is 0 Å². The summed E-state index contributed by atoms with van der Waals surface area (Å²) in [6.45, 7) is 2.04. The first-order valence-electron chi connectivity index (χ1n) is 8.06. The van der Waals surface area contributed by atoms with Crippen LogP contribution < -0.4 is 10.5 Å². The summed E-state index contributed by atoms with van der Waals surface area (Å²) in [5.74, 6) is 0.885. The van der Waals surface area contributed by atoms with Gasteiger partial charge in [-0.1, -0.05) is 36.4 Å². The van der Waals surface area contributed by atoms with E-state index in [-0.39, 0.29) is 5.91 Å². The zero-order valence-corrected chi connectivity index (χ0v) is 13.2. The Hall–Kier alpha value is -2.49. The molecule has 2 N–H and O–H groups in total. The van der Waals surface area contributed by atoms with Crippen LogP contribution >= 0.6 is 0 Å². The Kier molecular flexibility index (Phi) is 4.81. The van der Waals surface area contributed by atoms with Crippen LogP contribution in [0.5, 0.6) is 5.75 Å². The van der Waals surface area contributed by atoms with E-state index in [0.717, 1.165) is 19.5 Å². The molecule has 4 nitrogen and oxygen atoms in total. The summed E-state index contributed by atoms with van der Waals surface area (Å²) in [7, 11) is 0. The highest BCUT2D eigenvalue weighted by atomic mass is 16.5. The van der Waals surface area contributed by atoms with Gasteiger partial charge < -0.3 is 15.4 Å². The van der Waals surface area contributed by atoms with Crippen molar-refractivity contribution in [3.8, 4) is 5.75 Å². The number of anilines is 1. The van der Waals surface area contributed by atoms with Gasteiger partial charge in [-0.3, -0.25) is 4.79 Å². The van der Waals surface area contributed by atoms with E-state index in [1.165, 1.54) is 11.1 Å². The Morgan fingerprint density at radius 1 is 1.09 bits per heavy atom. The molecule has 0 saturated carbocycles.